The van der Waals surface area contributed by atoms with Gasteiger partial charge in [-0.25, -0.2) is 0 Å². The number of piperazine rings is 1. The zero-order chi connectivity index (χ0) is 20.1. The number of hydrogen-bond donors (Lipinski definition) is 2. The van der Waals surface area contributed by atoms with Crippen molar-refractivity contribution in [1.82, 2.24) is 10.2 Å². The van der Waals surface area contributed by atoms with E-state index in [1.165, 1.54) is 6.26 Å². The quantitative estimate of drug-likeness (QED) is 0.740. The molecule has 3 rings (SSSR count). The molecule has 0 atom stereocenters. The Morgan fingerprint density at radius 3 is 2.57 bits per heavy atom. The van der Waals surface area contributed by atoms with Gasteiger partial charge in [0.15, 0.2) is 10.9 Å². The van der Waals surface area contributed by atoms with Crippen LogP contribution < -0.4 is 15.5 Å². The summed E-state index contributed by atoms with van der Waals surface area (Å²) in [6.07, 6.45) is 1.86. The molecule has 1 saturated heterocycles. The molecule has 148 valence electrons. The number of hydrogen-bond acceptors (Lipinski definition) is 5. The number of halogens is 1. The third-order valence-corrected chi connectivity index (χ3v) is 4.93. The normalized spacial score (nSPS) is 13.9. The van der Waals surface area contributed by atoms with Gasteiger partial charge in [0, 0.05) is 38.3 Å². The topological polar surface area (TPSA) is 77.8 Å². The van der Waals surface area contributed by atoms with Gasteiger partial charge in [0.1, 0.15) is 0 Å². The highest BCUT2D eigenvalue weighted by atomic mass is 35.5. The van der Waals surface area contributed by atoms with Crippen molar-refractivity contribution in [2.45, 2.75) is 13.3 Å². The fraction of sp³-hybridized carbons (Fsp3) is 0.316. The van der Waals surface area contributed by atoms with E-state index in [0.717, 1.165) is 5.69 Å². The number of amides is 2. The Morgan fingerprint density at radius 2 is 1.96 bits per heavy atom. The number of nitrogens with one attached hydrogen (secondary N) is 2. The zero-order valence-corrected chi connectivity index (χ0v) is 17.0. The molecule has 0 radical (unpaired) electrons. The average Bonchev–Trinajstić information content (AvgIpc) is 3.22. The Balaban J connectivity index is 1.58. The van der Waals surface area contributed by atoms with Gasteiger partial charge in [0.2, 0.25) is 5.91 Å². The van der Waals surface area contributed by atoms with E-state index >= 15 is 0 Å². The minimum absolute atomic E-state index is 0.0991. The molecule has 0 spiro atoms. The maximum Gasteiger partial charge on any atom is 0.289 e. The van der Waals surface area contributed by atoms with Gasteiger partial charge in [-0.05, 0) is 42.5 Å². The summed E-state index contributed by atoms with van der Waals surface area (Å²) < 4.78 is 5.19. The smallest absolute Gasteiger partial charge is 0.289 e. The van der Waals surface area contributed by atoms with Crippen molar-refractivity contribution in [3.63, 3.8) is 0 Å². The SMILES string of the molecule is CCC(=O)NC(=S)Nc1ccc(N2CCN(C(=O)c3ccco3)CC2)c(Cl)c1. The number of nitrogens with zero attached hydrogens (tertiary/aromatic N) is 2. The average molecular weight is 421 g/mol. The molecule has 2 heterocycles. The zero-order valence-electron chi connectivity index (χ0n) is 15.4. The molecule has 0 bridgehead atoms. The summed E-state index contributed by atoms with van der Waals surface area (Å²) >= 11 is 11.6. The maximum atomic E-state index is 12.4. The Hall–Kier alpha value is -2.58. The van der Waals surface area contributed by atoms with E-state index in [1.54, 1.807) is 30.0 Å². The summed E-state index contributed by atoms with van der Waals surface area (Å²) in [4.78, 5) is 27.6. The Labute approximate surface area is 173 Å². The third-order valence-electron chi connectivity index (χ3n) is 4.42. The Kier molecular flexibility index (Phi) is 6.53. The molecule has 0 unspecified atom stereocenters. The standard InChI is InChI=1S/C19H21ClN4O3S/c1-2-17(25)22-19(28)21-13-5-6-15(14(20)12-13)23-7-9-24(10-8-23)18(26)16-4-3-11-27-16/h3-6,11-12H,2,7-10H2,1H3,(H2,21,22,25,28). The Bertz CT molecular complexity index is 864. The lowest BCUT2D eigenvalue weighted by Crippen LogP contribution is -2.48. The molecule has 1 aliphatic rings. The number of anilines is 2. The first-order chi connectivity index (χ1) is 13.5. The van der Waals surface area contributed by atoms with E-state index in [1.807, 2.05) is 12.1 Å². The molecular weight excluding hydrogens is 400 g/mol. The summed E-state index contributed by atoms with van der Waals surface area (Å²) in [5, 5.41) is 6.34. The van der Waals surface area contributed by atoms with E-state index < -0.39 is 0 Å². The molecule has 2 aromatic rings. The van der Waals surface area contributed by atoms with Crippen LogP contribution in [0.1, 0.15) is 23.9 Å². The van der Waals surface area contributed by atoms with Crippen molar-refractivity contribution in [3.8, 4) is 0 Å². The summed E-state index contributed by atoms with van der Waals surface area (Å²) in [7, 11) is 0. The van der Waals surface area contributed by atoms with Gasteiger partial charge in [0.25, 0.3) is 5.91 Å². The van der Waals surface area contributed by atoms with Crippen LogP contribution in [0.3, 0.4) is 0 Å². The van der Waals surface area contributed by atoms with Crippen LogP contribution in [-0.4, -0.2) is 48.0 Å². The van der Waals surface area contributed by atoms with Gasteiger partial charge in [-0.2, -0.15) is 0 Å². The van der Waals surface area contributed by atoms with Crippen molar-refractivity contribution < 1.29 is 14.0 Å². The van der Waals surface area contributed by atoms with E-state index in [-0.39, 0.29) is 16.9 Å². The van der Waals surface area contributed by atoms with Crippen molar-refractivity contribution >= 4 is 52.1 Å². The van der Waals surface area contributed by atoms with Crippen LogP contribution in [0.5, 0.6) is 0 Å². The fourth-order valence-electron chi connectivity index (χ4n) is 2.93. The second kappa shape index (κ2) is 9.07. The second-order valence-electron chi connectivity index (χ2n) is 6.28. The number of carbonyl (C=O) groups excluding carboxylic acids is 2. The highest BCUT2D eigenvalue weighted by Crippen LogP contribution is 2.30. The molecule has 0 saturated carbocycles. The number of carbonyl (C=O) groups is 2. The first-order valence-corrected chi connectivity index (χ1v) is 9.74. The van der Waals surface area contributed by atoms with Crippen LogP contribution in [0.2, 0.25) is 5.02 Å². The number of rotatable bonds is 4. The summed E-state index contributed by atoms with van der Waals surface area (Å²) in [6, 6.07) is 8.90. The van der Waals surface area contributed by atoms with Crippen molar-refractivity contribution in [3.05, 3.63) is 47.4 Å². The van der Waals surface area contributed by atoms with Gasteiger partial charge < -0.3 is 24.9 Å². The second-order valence-corrected chi connectivity index (χ2v) is 7.09. The van der Waals surface area contributed by atoms with Crippen LogP contribution in [0.4, 0.5) is 11.4 Å². The van der Waals surface area contributed by atoms with Crippen LogP contribution in [0.25, 0.3) is 0 Å². The predicted octanol–water partition coefficient (Wildman–Crippen LogP) is 3.12. The lowest BCUT2D eigenvalue weighted by atomic mass is 10.2. The van der Waals surface area contributed by atoms with Crippen LogP contribution in [-0.2, 0) is 4.79 Å². The summed E-state index contributed by atoms with van der Waals surface area (Å²) in [5.41, 5.74) is 1.59. The summed E-state index contributed by atoms with van der Waals surface area (Å²) in [5.74, 6) is 0.105. The van der Waals surface area contributed by atoms with E-state index in [2.05, 4.69) is 15.5 Å². The van der Waals surface area contributed by atoms with Crippen molar-refractivity contribution in [2.75, 3.05) is 36.4 Å². The molecule has 0 aliphatic carbocycles. The molecule has 9 heteroatoms. The molecule has 1 aliphatic heterocycles. The van der Waals surface area contributed by atoms with E-state index in [0.29, 0.717) is 49.1 Å². The maximum absolute atomic E-state index is 12.4. The lowest BCUT2D eigenvalue weighted by Gasteiger charge is -2.36. The predicted molar refractivity (Wildman–Crippen MR) is 113 cm³/mol. The van der Waals surface area contributed by atoms with Crippen LogP contribution in [0.15, 0.2) is 41.0 Å². The van der Waals surface area contributed by atoms with Gasteiger partial charge in [-0.1, -0.05) is 18.5 Å². The van der Waals surface area contributed by atoms with Crippen molar-refractivity contribution in [2.24, 2.45) is 0 Å². The van der Waals surface area contributed by atoms with Gasteiger partial charge in [0.05, 0.1) is 17.0 Å². The molecule has 7 nitrogen and oxygen atoms in total. The molecule has 1 aromatic heterocycles. The number of furan rings is 1. The summed E-state index contributed by atoms with van der Waals surface area (Å²) in [6.45, 7) is 4.27. The Morgan fingerprint density at radius 1 is 1.21 bits per heavy atom. The van der Waals surface area contributed by atoms with Crippen molar-refractivity contribution in [1.29, 1.82) is 0 Å². The van der Waals surface area contributed by atoms with E-state index in [9.17, 15) is 9.59 Å². The first kappa shape index (κ1) is 20.2. The molecule has 2 amide bonds. The van der Waals surface area contributed by atoms with Gasteiger partial charge >= 0.3 is 0 Å². The van der Waals surface area contributed by atoms with E-state index in [4.69, 9.17) is 28.2 Å². The molecule has 1 fully saturated rings. The van der Waals surface area contributed by atoms with Gasteiger partial charge in [-0.3, -0.25) is 9.59 Å². The number of thiocarbonyl (C=S) groups is 1. The molecule has 2 N–H and O–H groups in total. The fourth-order valence-corrected chi connectivity index (χ4v) is 3.46. The molecular formula is C19H21ClN4O3S. The third kappa shape index (κ3) is 4.82. The highest BCUT2D eigenvalue weighted by Gasteiger charge is 2.24. The minimum atomic E-state index is -0.151. The van der Waals surface area contributed by atoms with Gasteiger partial charge in [-0.15, -0.1) is 0 Å². The van der Waals surface area contributed by atoms with Crippen LogP contribution in [0, 0.1) is 0 Å². The molecule has 28 heavy (non-hydrogen) atoms. The minimum Gasteiger partial charge on any atom is -0.459 e. The van der Waals surface area contributed by atoms with Crippen LogP contribution >= 0.6 is 23.8 Å². The lowest BCUT2D eigenvalue weighted by molar-refractivity contribution is -0.119. The largest absolute Gasteiger partial charge is 0.459 e. The first-order valence-electron chi connectivity index (χ1n) is 8.96. The number of benzene rings is 1. The molecule has 1 aromatic carbocycles. The monoisotopic (exact) mass is 420 g/mol. The highest BCUT2D eigenvalue weighted by molar-refractivity contribution is 7.80.